The van der Waals surface area contributed by atoms with Gasteiger partial charge in [0.2, 0.25) is 0 Å². The van der Waals surface area contributed by atoms with E-state index in [2.05, 4.69) is 18.7 Å². The molecule has 1 saturated heterocycles. The van der Waals surface area contributed by atoms with E-state index in [4.69, 9.17) is 4.74 Å². The van der Waals surface area contributed by atoms with E-state index in [9.17, 15) is 9.59 Å². The first-order valence-electron chi connectivity index (χ1n) is 7.23. The highest BCUT2D eigenvalue weighted by Gasteiger charge is 2.39. The molecule has 110 valence electrons. The molecule has 0 radical (unpaired) electrons. The normalized spacial score (nSPS) is 25.1. The first-order valence-corrected chi connectivity index (χ1v) is 7.23. The minimum Gasteiger partial charge on any atom is -0.465 e. The van der Waals surface area contributed by atoms with Crippen LogP contribution < -0.4 is 0 Å². The highest BCUT2D eigenvalue weighted by molar-refractivity contribution is 6.03. The van der Waals surface area contributed by atoms with Crippen molar-refractivity contribution in [1.82, 2.24) is 4.90 Å². The van der Waals surface area contributed by atoms with E-state index < -0.39 is 11.4 Å². The average Bonchev–Trinajstić information content (AvgIpc) is 2.34. The van der Waals surface area contributed by atoms with Gasteiger partial charge in [0.15, 0.2) is 5.78 Å². The molecule has 0 aliphatic carbocycles. The molecule has 0 spiro atoms. The number of hydrogen-bond donors (Lipinski definition) is 0. The number of likely N-dealkylation sites (tertiary alicyclic amines) is 1. The van der Waals surface area contributed by atoms with E-state index in [1.165, 1.54) is 6.42 Å². The zero-order valence-corrected chi connectivity index (χ0v) is 12.9. The third-order valence-electron chi connectivity index (χ3n) is 4.08. The maximum atomic E-state index is 12.4. The van der Waals surface area contributed by atoms with Gasteiger partial charge in [0, 0.05) is 12.6 Å². The molecule has 0 amide bonds. The zero-order chi connectivity index (χ0) is 14.6. The third kappa shape index (κ3) is 4.03. The summed E-state index contributed by atoms with van der Waals surface area (Å²) < 4.78 is 4.99. The molecule has 1 aliphatic rings. The minimum atomic E-state index is -1.05. The van der Waals surface area contributed by atoms with E-state index >= 15 is 0 Å². The summed E-state index contributed by atoms with van der Waals surface area (Å²) in [5, 5.41) is 0. The van der Waals surface area contributed by atoms with Crippen LogP contribution in [0, 0.1) is 11.3 Å². The maximum absolute atomic E-state index is 12.4. The standard InChI is InChI=1S/C15H27NO3/c1-6-19-14(18)15(4,5)13(17)10-16-9-11(2)7-8-12(16)3/h11-12H,6-10H2,1-5H3. The number of esters is 1. The number of carbonyl (C=O) groups excluding carboxylic acids is 2. The Hall–Kier alpha value is -0.900. The zero-order valence-electron chi connectivity index (χ0n) is 12.9. The highest BCUT2D eigenvalue weighted by Crippen LogP contribution is 2.24. The van der Waals surface area contributed by atoms with Gasteiger partial charge < -0.3 is 4.74 Å². The van der Waals surface area contributed by atoms with Crippen LogP contribution in [0.2, 0.25) is 0 Å². The average molecular weight is 269 g/mol. The van der Waals surface area contributed by atoms with Crippen molar-refractivity contribution in [1.29, 1.82) is 0 Å². The van der Waals surface area contributed by atoms with Crippen molar-refractivity contribution in [2.24, 2.45) is 11.3 Å². The Bertz CT molecular complexity index is 338. The van der Waals surface area contributed by atoms with E-state index in [-0.39, 0.29) is 5.78 Å². The molecule has 1 fully saturated rings. The van der Waals surface area contributed by atoms with Gasteiger partial charge in [-0.15, -0.1) is 0 Å². The van der Waals surface area contributed by atoms with E-state index in [1.807, 2.05) is 0 Å². The SMILES string of the molecule is CCOC(=O)C(C)(C)C(=O)CN1CC(C)CCC1C. The fourth-order valence-electron chi connectivity index (χ4n) is 2.41. The summed E-state index contributed by atoms with van der Waals surface area (Å²) in [4.78, 5) is 26.4. The van der Waals surface area contributed by atoms with Crippen molar-refractivity contribution in [2.45, 2.75) is 53.5 Å². The van der Waals surface area contributed by atoms with Crippen LogP contribution in [-0.4, -0.2) is 42.4 Å². The van der Waals surface area contributed by atoms with Gasteiger partial charge in [0.05, 0.1) is 13.2 Å². The van der Waals surface area contributed by atoms with Gasteiger partial charge in [-0.3, -0.25) is 14.5 Å². The van der Waals surface area contributed by atoms with Crippen molar-refractivity contribution in [3.8, 4) is 0 Å². The Balaban J connectivity index is 2.64. The number of piperidine rings is 1. The van der Waals surface area contributed by atoms with Crippen molar-refractivity contribution in [3.63, 3.8) is 0 Å². The molecule has 0 aromatic rings. The van der Waals surface area contributed by atoms with Gasteiger partial charge in [0.25, 0.3) is 0 Å². The second kappa shape index (κ2) is 6.51. The Morgan fingerprint density at radius 3 is 2.47 bits per heavy atom. The third-order valence-corrected chi connectivity index (χ3v) is 4.08. The molecule has 4 nitrogen and oxygen atoms in total. The Morgan fingerprint density at radius 1 is 1.26 bits per heavy atom. The molecule has 2 unspecified atom stereocenters. The molecule has 0 saturated carbocycles. The lowest BCUT2D eigenvalue weighted by molar-refractivity contribution is -0.158. The lowest BCUT2D eigenvalue weighted by Gasteiger charge is -2.37. The molecule has 0 N–H and O–H groups in total. The molecule has 1 heterocycles. The highest BCUT2D eigenvalue weighted by atomic mass is 16.5. The molecule has 1 rings (SSSR count). The molecule has 19 heavy (non-hydrogen) atoms. The molecule has 0 bridgehead atoms. The quantitative estimate of drug-likeness (QED) is 0.567. The Kier molecular flexibility index (Phi) is 5.53. The fraction of sp³-hybridized carbons (Fsp3) is 0.867. The van der Waals surface area contributed by atoms with Gasteiger partial charge in [-0.1, -0.05) is 6.92 Å². The van der Waals surface area contributed by atoms with Gasteiger partial charge in [-0.2, -0.15) is 0 Å². The predicted octanol–water partition coefficient (Wildman–Crippen LogP) is 2.27. The smallest absolute Gasteiger partial charge is 0.319 e. The number of Topliss-reactive ketones (excluding diaryl/α,β-unsaturated/α-hetero) is 1. The van der Waals surface area contributed by atoms with E-state index in [1.54, 1.807) is 20.8 Å². The molecular formula is C15H27NO3. The largest absolute Gasteiger partial charge is 0.465 e. The monoisotopic (exact) mass is 269 g/mol. The van der Waals surface area contributed by atoms with Gasteiger partial charge >= 0.3 is 5.97 Å². The lowest BCUT2D eigenvalue weighted by Crippen LogP contribution is -2.48. The molecule has 2 atom stereocenters. The van der Waals surface area contributed by atoms with E-state index in [0.29, 0.717) is 25.1 Å². The molecule has 1 aliphatic heterocycles. The number of rotatable bonds is 5. The number of carbonyl (C=O) groups is 2. The summed E-state index contributed by atoms with van der Waals surface area (Å²) in [6.07, 6.45) is 2.33. The van der Waals surface area contributed by atoms with Crippen LogP contribution in [0.3, 0.4) is 0 Å². The van der Waals surface area contributed by atoms with Crippen LogP contribution >= 0.6 is 0 Å². The fourth-order valence-corrected chi connectivity index (χ4v) is 2.41. The van der Waals surface area contributed by atoms with Crippen molar-refractivity contribution in [2.75, 3.05) is 19.7 Å². The molecular weight excluding hydrogens is 242 g/mol. The summed E-state index contributed by atoms with van der Waals surface area (Å²) >= 11 is 0. The van der Waals surface area contributed by atoms with Crippen molar-refractivity contribution < 1.29 is 14.3 Å². The summed E-state index contributed by atoms with van der Waals surface area (Å²) in [6.45, 7) is 11.0. The number of ketones is 1. The first kappa shape index (κ1) is 16.2. The summed E-state index contributed by atoms with van der Waals surface area (Å²) in [7, 11) is 0. The Morgan fingerprint density at radius 2 is 1.89 bits per heavy atom. The summed E-state index contributed by atoms with van der Waals surface area (Å²) in [5.74, 6) is 0.152. The molecule has 0 aromatic carbocycles. The van der Waals surface area contributed by atoms with Crippen LogP contribution in [0.5, 0.6) is 0 Å². The second-order valence-corrected chi connectivity index (χ2v) is 6.23. The first-order chi connectivity index (χ1) is 8.78. The predicted molar refractivity (Wildman–Crippen MR) is 74.9 cm³/mol. The van der Waals surface area contributed by atoms with Crippen LogP contribution in [-0.2, 0) is 14.3 Å². The van der Waals surface area contributed by atoms with Gasteiger partial charge in [0.1, 0.15) is 5.41 Å². The van der Waals surface area contributed by atoms with E-state index in [0.717, 1.165) is 13.0 Å². The topological polar surface area (TPSA) is 46.6 Å². The van der Waals surface area contributed by atoms with Gasteiger partial charge in [-0.25, -0.2) is 0 Å². The summed E-state index contributed by atoms with van der Waals surface area (Å²) in [5.41, 5.74) is -1.05. The van der Waals surface area contributed by atoms with Crippen molar-refractivity contribution in [3.05, 3.63) is 0 Å². The molecule has 4 heteroatoms. The van der Waals surface area contributed by atoms with Crippen LogP contribution in [0.25, 0.3) is 0 Å². The van der Waals surface area contributed by atoms with Gasteiger partial charge in [-0.05, 0) is 46.5 Å². The molecule has 0 aromatic heterocycles. The second-order valence-electron chi connectivity index (χ2n) is 6.23. The number of ether oxygens (including phenoxy) is 1. The number of hydrogen-bond acceptors (Lipinski definition) is 4. The van der Waals surface area contributed by atoms with Crippen molar-refractivity contribution >= 4 is 11.8 Å². The maximum Gasteiger partial charge on any atom is 0.319 e. The minimum absolute atomic E-state index is 0.0492. The lowest BCUT2D eigenvalue weighted by atomic mass is 9.86. The van der Waals surface area contributed by atoms with Crippen LogP contribution in [0.1, 0.15) is 47.5 Å². The van der Waals surface area contributed by atoms with Crippen LogP contribution in [0.4, 0.5) is 0 Å². The number of nitrogens with zero attached hydrogens (tertiary/aromatic N) is 1. The summed E-state index contributed by atoms with van der Waals surface area (Å²) in [6, 6.07) is 0.415. The Labute approximate surface area is 116 Å². The van der Waals surface area contributed by atoms with Crippen LogP contribution in [0.15, 0.2) is 0 Å².